The molecule has 1 amide bonds. The molecule has 0 bridgehead atoms. The quantitative estimate of drug-likeness (QED) is 0.689. The summed E-state index contributed by atoms with van der Waals surface area (Å²) in [6, 6.07) is 0.739. The first-order valence-electron chi connectivity index (χ1n) is 5.15. The number of carbonyl (C=O) groups is 1. The molecular weight excluding hydrogens is 212 g/mol. The molecule has 0 radical (unpaired) electrons. The summed E-state index contributed by atoms with van der Waals surface area (Å²) in [6.07, 6.45) is 3.56. The number of amides is 1. The fourth-order valence-corrected chi connectivity index (χ4v) is 1.67. The van der Waals surface area contributed by atoms with E-state index in [1.165, 1.54) is 24.4 Å². The molecule has 1 fully saturated rings. The fourth-order valence-electron chi connectivity index (χ4n) is 1.24. The second kappa shape index (κ2) is 5.18. The Labute approximate surface area is 92.4 Å². The van der Waals surface area contributed by atoms with E-state index in [9.17, 15) is 4.79 Å². The van der Waals surface area contributed by atoms with Crippen LogP contribution in [0.2, 0.25) is 0 Å². The van der Waals surface area contributed by atoms with Crippen LogP contribution < -0.4 is 10.6 Å². The number of carbonyl (C=O) groups excluding carboxylic acids is 1. The molecule has 2 rings (SSSR count). The lowest BCUT2D eigenvalue weighted by Gasteiger charge is -2.03. The summed E-state index contributed by atoms with van der Waals surface area (Å²) in [6.45, 7) is 1.66. The molecule has 2 N–H and O–H groups in total. The van der Waals surface area contributed by atoms with Crippen LogP contribution in [0.3, 0.4) is 0 Å². The first kappa shape index (κ1) is 10.5. The van der Waals surface area contributed by atoms with E-state index in [2.05, 4.69) is 20.2 Å². The molecule has 1 saturated carbocycles. The predicted molar refractivity (Wildman–Crippen MR) is 57.9 cm³/mol. The van der Waals surface area contributed by atoms with Crippen LogP contribution in [0.5, 0.6) is 0 Å². The third-order valence-corrected chi connectivity index (χ3v) is 2.75. The van der Waals surface area contributed by atoms with Gasteiger partial charge in [-0.25, -0.2) is 0 Å². The number of nitrogens with zero attached hydrogens (tertiary/aromatic N) is 2. The van der Waals surface area contributed by atoms with Crippen LogP contribution in [-0.4, -0.2) is 34.6 Å². The number of nitrogens with one attached hydrogen (secondary N) is 2. The van der Waals surface area contributed by atoms with Gasteiger partial charge in [0.05, 0.1) is 0 Å². The van der Waals surface area contributed by atoms with Gasteiger partial charge in [0.15, 0.2) is 5.69 Å². The Bertz CT molecular complexity index is 310. The molecule has 0 aromatic carbocycles. The molecule has 1 aromatic heterocycles. The first-order chi connectivity index (χ1) is 7.36. The van der Waals surface area contributed by atoms with E-state index in [4.69, 9.17) is 0 Å². The van der Waals surface area contributed by atoms with E-state index in [1.54, 1.807) is 5.38 Å². The molecule has 0 spiro atoms. The van der Waals surface area contributed by atoms with Gasteiger partial charge in [-0.2, -0.15) is 0 Å². The smallest absolute Gasteiger partial charge is 0.272 e. The van der Waals surface area contributed by atoms with Gasteiger partial charge in [-0.3, -0.25) is 4.79 Å². The number of rotatable bonds is 6. The van der Waals surface area contributed by atoms with E-state index < -0.39 is 0 Å². The summed E-state index contributed by atoms with van der Waals surface area (Å²) in [7, 11) is 0. The van der Waals surface area contributed by atoms with Crippen LogP contribution in [0, 0.1) is 0 Å². The minimum atomic E-state index is -0.129. The molecule has 1 aromatic rings. The second-order valence-electron chi connectivity index (χ2n) is 3.63. The van der Waals surface area contributed by atoms with Crippen molar-refractivity contribution in [2.75, 3.05) is 13.1 Å². The van der Waals surface area contributed by atoms with E-state index in [0.29, 0.717) is 12.2 Å². The Morgan fingerprint density at radius 3 is 3.07 bits per heavy atom. The van der Waals surface area contributed by atoms with E-state index in [-0.39, 0.29) is 5.91 Å². The maximum absolute atomic E-state index is 11.4. The highest BCUT2D eigenvalue weighted by molar-refractivity contribution is 7.03. The van der Waals surface area contributed by atoms with Crippen molar-refractivity contribution in [3.63, 3.8) is 0 Å². The largest absolute Gasteiger partial charge is 0.351 e. The zero-order chi connectivity index (χ0) is 10.5. The average molecular weight is 226 g/mol. The van der Waals surface area contributed by atoms with Crippen LogP contribution in [0.25, 0.3) is 0 Å². The molecule has 15 heavy (non-hydrogen) atoms. The summed E-state index contributed by atoms with van der Waals surface area (Å²) in [5.41, 5.74) is 0.412. The molecule has 1 heterocycles. The Balaban J connectivity index is 1.55. The van der Waals surface area contributed by atoms with Crippen LogP contribution in [0.15, 0.2) is 5.38 Å². The Hall–Kier alpha value is -1.01. The van der Waals surface area contributed by atoms with Crippen molar-refractivity contribution in [3.8, 4) is 0 Å². The van der Waals surface area contributed by atoms with E-state index >= 15 is 0 Å². The van der Waals surface area contributed by atoms with Gasteiger partial charge < -0.3 is 10.6 Å². The third kappa shape index (κ3) is 3.56. The lowest BCUT2D eigenvalue weighted by molar-refractivity contribution is 0.0948. The zero-order valence-corrected chi connectivity index (χ0v) is 9.22. The van der Waals surface area contributed by atoms with Crippen LogP contribution >= 0.6 is 11.5 Å². The molecule has 1 aliphatic rings. The molecule has 1 aliphatic carbocycles. The summed E-state index contributed by atoms with van der Waals surface area (Å²) in [5, 5.41) is 11.5. The summed E-state index contributed by atoms with van der Waals surface area (Å²) in [5.74, 6) is -0.129. The van der Waals surface area contributed by atoms with Crippen molar-refractivity contribution in [3.05, 3.63) is 11.1 Å². The van der Waals surface area contributed by atoms with Crippen molar-refractivity contribution >= 4 is 17.4 Å². The molecule has 0 saturated heterocycles. The number of hydrogen-bond acceptors (Lipinski definition) is 5. The Morgan fingerprint density at radius 1 is 1.53 bits per heavy atom. The van der Waals surface area contributed by atoms with Crippen molar-refractivity contribution in [2.45, 2.75) is 25.3 Å². The van der Waals surface area contributed by atoms with Crippen LogP contribution in [0.1, 0.15) is 29.8 Å². The topological polar surface area (TPSA) is 66.9 Å². The molecular formula is C9H14N4OS. The molecule has 82 valence electrons. The summed E-state index contributed by atoms with van der Waals surface area (Å²) >= 11 is 1.19. The first-order valence-corrected chi connectivity index (χ1v) is 5.98. The molecule has 0 unspecified atom stereocenters. The van der Waals surface area contributed by atoms with Gasteiger partial charge in [0, 0.05) is 18.0 Å². The van der Waals surface area contributed by atoms with Gasteiger partial charge in [-0.05, 0) is 37.3 Å². The minimum absolute atomic E-state index is 0.129. The zero-order valence-electron chi connectivity index (χ0n) is 8.40. The highest BCUT2D eigenvalue weighted by Crippen LogP contribution is 2.18. The van der Waals surface area contributed by atoms with Crippen molar-refractivity contribution in [1.82, 2.24) is 20.2 Å². The highest BCUT2D eigenvalue weighted by atomic mass is 32.1. The SMILES string of the molecule is O=C(NCCCNC1CC1)c1csnn1. The van der Waals surface area contributed by atoms with Gasteiger partial charge in [0.1, 0.15) is 0 Å². The Kier molecular flexibility index (Phi) is 3.63. The molecule has 6 heteroatoms. The van der Waals surface area contributed by atoms with Gasteiger partial charge >= 0.3 is 0 Å². The van der Waals surface area contributed by atoms with Crippen molar-refractivity contribution in [1.29, 1.82) is 0 Å². The standard InChI is InChI=1S/C9H14N4OS/c14-9(8-6-15-13-12-8)11-5-1-4-10-7-2-3-7/h6-7,10H,1-5H2,(H,11,14). The summed E-state index contributed by atoms with van der Waals surface area (Å²) < 4.78 is 3.64. The number of hydrogen-bond donors (Lipinski definition) is 2. The summed E-state index contributed by atoms with van der Waals surface area (Å²) in [4.78, 5) is 11.4. The van der Waals surface area contributed by atoms with Gasteiger partial charge in [0.25, 0.3) is 5.91 Å². The third-order valence-electron chi connectivity index (χ3n) is 2.24. The fraction of sp³-hybridized carbons (Fsp3) is 0.667. The van der Waals surface area contributed by atoms with Crippen molar-refractivity contribution < 1.29 is 4.79 Å². The van der Waals surface area contributed by atoms with E-state index in [1.807, 2.05) is 0 Å². The average Bonchev–Trinajstić information content (AvgIpc) is 2.90. The maximum Gasteiger partial charge on any atom is 0.272 e. The van der Waals surface area contributed by atoms with Gasteiger partial charge in [-0.15, -0.1) is 5.10 Å². The lowest BCUT2D eigenvalue weighted by Crippen LogP contribution is -2.28. The highest BCUT2D eigenvalue weighted by Gasteiger charge is 2.19. The maximum atomic E-state index is 11.4. The van der Waals surface area contributed by atoms with Crippen molar-refractivity contribution in [2.24, 2.45) is 0 Å². The van der Waals surface area contributed by atoms with E-state index in [0.717, 1.165) is 19.0 Å². The Morgan fingerprint density at radius 2 is 2.40 bits per heavy atom. The second-order valence-corrected chi connectivity index (χ2v) is 4.24. The minimum Gasteiger partial charge on any atom is -0.351 e. The molecule has 0 aliphatic heterocycles. The van der Waals surface area contributed by atoms with Crippen LogP contribution in [0.4, 0.5) is 0 Å². The lowest BCUT2D eigenvalue weighted by atomic mass is 10.4. The number of aromatic nitrogens is 2. The van der Waals surface area contributed by atoms with Gasteiger partial charge in [0.2, 0.25) is 0 Å². The molecule has 5 nitrogen and oxygen atoms in total. The van der Waals surface area contributed by atoms with Gasteiger partial charge in [-0.1, -0.05) is 4.49 Å². The molecule has 0 atom stereocenters. The predicted octanol–water partition coefficient (Wildman–Crippen LogP) is 0.410. The van der Waals surface area contributed by atoms with Crippen LogP contribution in [-0.2, 0) is 0 Å². The monoisotopic (exact) mass is 226 g/mol. The normalized spacial score (nSPS) is 15.2.